The first-order valence-electron chi connectivity index (χ1n) is 6.34. The lowest BCUT2D eigenvalue weighted by atomic mass is 10.2. The summed E-state index contributed by atoms with van der Waals surface area (Å²) in [5, 5.41) is 5.16. The number of ether oxygens (including phenoxy) is 2. The van der Waals surface area contributed by atoms with E-state index in [2.05, 4.69) is 10.6 Å². The molecule has 0 aliphatic carbocycles. The van der Waals surface area contributed by atoms with Crippen molar-refractivity contribution in [2.45, 2.75) is 13.0 Å². The third kappa shape index (κ3) is 3.75. The Labute approximate surface area is 125 Å². The van der Waals surface area contributed by atoms with Crippen molar-refractivity contribution in [2.75, 3.05) is 19.8 Å². The number of benzene rings is 1. The van der Waals surface area contributed by atoms with Gasteiger partial charge in [-0.1, -0.05) is 11.6 Å². The molecular formula is C13H14ClFN2O4. The van der Waals surface area contributed by atoms with E-state index in [1.165, 1.54) is 0 Å². The SMILES string of the molecule is CCOC(=O)c1cc(F)cc(OC[C@H]2CNC(=O)N2)c1Cl. The monoisotopic (exact) mass is 316 g/mol. The van der Waals surface area contributed by atoms with Gasteiger partial charge in [0.05, 0.1) is 23.2 Å². The van der Waals surface area contributed by atoms with Crippen LogP contribution < -0.4 is 15.4 Å². The lowest BCUT2D eigenvalue weighted by Gasteiger charge is -2.14. The summed E-state index contributed by atoms with van der Waals surface area (Å²) in [6, 6.07) is 1.53. The van der Waals surface area contributed by atoms with Crippen molar-refractivity contribution in [3.63, 3.8) is 0 Å². The molecule has 2 rings (SSSR count). The summed E-state index contributed by atoms with van der Waals surface area (Å²) >= 11 is 6.03. The molecular weight excluding hydrogens is 303 g/mol. The molecule has 1 fully saturated rings. The minimum Gasteiger partial charge on any atom is -0.490 e. The van der Waals surface area contributed by atoms with Crippen LogP contribution in [0.1, 0.15) is 17.3 Å². The summed E-state index contributed by atoms with van der Waals surface area (Å²) in [6.07, 6.45) is 0. The van der Waals surface area contributed by atoms with E-state index in [-0.39, 0.29) is 41.6 Å². The highest BCUT2D eigenvalue weighted by Crippen LogP contribution is 2.30. The molecule has 1 saturated heterocycles. The minimum atomic E-state index is -0.720. The molecule has 1 atom stereocenters. The van der Waals surface area contributed by atoms with Crippen molar-refractivity contribution in [3.05, 3.63) is 28.5 Å². The Morgan fingerprint density at radius 2 is 2.29 bits per heavy atom. The third-order valence-corrected chi connectivity index (χ3v) is 3.17. The predicted octanol–water partition coefficient (Wildman–Crippen LogP) is 1.72. The predicted molar refractivity (Wildman–Crippen MR) is 73.2 cm³/mol. The summed E-state index contributed by atoms with van der Waals surface area (Å²) in [5.74, 6) is -1.35. The van der Waals surface area contributed by atoms with Gasteiger partial charge in [0.2, 0.25) is 0 Å². The van der Waals surface area contributed by atoms with Crippen LogP contribution in [0.3, 0.4) is 0 Å². The number of hydrogen-bond acceptors (Lipinski definition) is 4. The highest BCUT2D eigenvalue weighted by atomic mass is 35.5. The fraction of sp³-hybridized carbons (Fsp3) is 0.385. The van der Waals surface area contributed by atoms with E-state index in [9.17, 15) is 14.0 Å². The molecule has 1 aromatic rings. The van der Waals surface area contributed by atoms with Gasteiger partial charge in [0.15, 0.2) is 0 Å². The fourth-order valence-corrected chi connectivity index (χ4v) is 2.06. The number of carbonyl (C=O) groups excluding carboxylic acids is 2. The van der Waals surface area contributed by atoms with Crippen LogP contribution in [0.15, 0.2) is 12.1 Å². The van der Waals surface area contributed by atoms with E-state index >= 15 is 0 Å². The van der Waals surface area contributed by atoms with Crippen LogP contribution in [0.4, 0.5) is 9.18 Å². The van der Waals surface area contributed by atoms with Gasteiger partial charge >= 0.3 is 12.0 Å². The molecule has 0 bridgehead atoms. The maximum atomic E-state index is 13.5. The summed E-state index contributed by atoms with van der Waals surface area (Å²) in [6.45, 7) is 2.29. The molecule has 21 heavy (non-hydrogen) atoms. The van der Waals surface area contributed by atoms with Gasteiger partial charge in [-0.3, -0.25) is 0 Å². The van der Waals surface area contributed by atoms with Gasteiger partial charge in [0.1, 0.15) is 18.2 Å². The van der Waals surface area contributed by atoms with Crippen molar-refractivity contribution in [3.8, 4) is 5.75 Å². The molecule has 8 heteroatoms. The van der Waals surface area contributed by atoms with E-state index < -0.39 is 11.8 Å². The summed E-state index contributed by atoms with van der Waals surface area (Å²) in [7, 11) is 0. The Morgan fingerprint density at radius 1 is 1.52 bits per heavy atom. The van der Waals surface area contributed by atoms with Gasteiger partial charge in [-0.15, -0.1) is 0 Å². The Morgan fingerprint density at radius 3 is 2.90 bits per heavy atom. The molecule has 0 radical (unpaired) electrons. The number of esters is 1. The maximum absolute atomic E-state index is 13.5. The van der Waals surface area contributed by atoms with Crippen LogP contribution >= 0.6 is 11.6 Å². The zero-order valence-electron chi connectivity index (χ0n) is 11.2. The maximum Gasteiger partial charge on any atom is 0.339 e. The molecule has 0 saturated carbocycles. The Balaban J connectivity index is 2.11. The van der Waals surface area contributed by atoms with Gasteiger partial charge in [-0.25, -0.2) is 14.0 Å². The molecule has 6 nitrogen and oxygen atoms in total. The first-order valence-corrected chi connectivity index (χ1v) is 6.72. The molecule has 1 aliphatic rings. The summed E-state index contributed by atoms with van der Waals surface area (Å²) in [4.78, 5) is 22.7. The van der Waals surface area contributed by atoms with Crippen LogP contribution in [0.25, 0.3) is 0 Å². The van der Waals surface area contributed by atoms with E-state index in [4.69, 9.17) is 21.1 Å². The fourth-order valence-electron chi connectivity index (χ4n) is 1.82. The van der Waals surface area contributed by atoms with Crippen molar-refractivity contribution >= 4 is 23.6 Å². The van der Waals surface area contributed by atoms with Gasteiger partial charge in [0, 0.05) is 12.6 Å². The average molecular weight is 317 g/mol. The van der Waals surface area contributed by atoms with E-state index in [1.807, 2.05) is 0 Å². The topological polar surface area (TPSA) is 76.7 Å². The van der Waals surface area contributed by atoms with Crippen LogP contribution in [0, 0.1) is 5.82 Å². The van der Waals surface area contributed by atoms with Crippen LogP contribution in [-0.2, 0) is 4.74 Å². The minimum absolute atomic E-state index is 0.0212. The number of nitrogens with one attached hydrogen (secondary N) is 2. The summed E-state index contributed by atoms with van der Waals surface area (Å²) < 4.78 is 23.7. The first kappa shape index (κ1) is 15.4. The Bertz CT molecular complexity index is 567. The quantitative estimate of drug-likeness (QED) is 0.811. The smallest absolute Gasteiger partial charge is 0.339 e. The lowest BCUT2D eigenvalue weighted by Crippen LogP contribution is -2.32. The number of hydrogen-bond donors (Lipinski definition) is 2. The normalized spacial score (nSPS) is 17.1. The van der Waals surface area contributed by atoms with Crippen LogP contribution in [0.5, 0.6) is 5.75 Å². The van der Waals surface area contributed by atoms with Crippen molar-refractivity contribution in [1.29, 1.82) is 0 Å². The van der Waals surface area contributed by atoms with Crippen molar-refractivity contribution < 1.29 is 23.5 Å². The molecule has 114 valence electrons. The number of amides is 2. The molecule has 0 unspecified atom stereocenters. The highest BCUT2D eigenvalue weighted by Gasteiger charge is 2.22. The largest absolute Gasteiger partial charge is 0.490 e. The lowest BCUT2D eigenvalue weighted by molar-refractivity contribution is 0.0525. The molecule has 1 aliphatic heterocycles. The first-order chi connectivity index (χ1) is 10.0. The van der Waals surface area contributed by atoms with Gasteiger partial charge in [-0.2, -0.15) is 0 Å². The number of carbonyl (C=O) groups is 2. The zero-order valence-corrected chi connectivity index (χ0v) is 12.0. The number of halogens is 2. The van der Waals surface area contributed by atoms with E-state index in [0.717, 1.165) is 12.1 Å². The molecule has 2 N–H and O–H groups in total. The third-order valence-electron chi connectivity index (χ3n) is 2.78. The molecule has 1 aromatic carbocycles. The molecule has 0 aromatic heterocycles. The van der Waals surface area contributed by atoms with Crippen molar-refractivity contribution in [1.82, 2.24) is 10.6 Å². The number of rotatable bonds is 5. The molecule has 2 amide bonds. The second kappa shape index (κ2) is 6.62. The Kier molecular flexibility index (Phi) is 4.85. The van der Waals surface area contributed by atoms with E-state index in [1.54, 1.807) is 6.92 Å². The van der Waals surface area contributed by atoms with E-state index in [0.29, 0.717) is 6.54 Å². The van der Waals surface area contributed by atoms with Gasteiger partial charge in [0.25, 0.3) is 0 Å². The molecule has 1 heterocycles. The van der Waals surface area contributed by atoms with Crippen LogP contribution in [0.2, 0.25) is 5.02 Å². The van der Waals surface area contributed by atoms with Crippen LogP contribution in [-0.4, -0.2) is 37.8 Å². The van der Waals surface area contributed by atoms with Gasteiger partial charge < -0.3 is 20.1 Å². The standard InChI is InChI=1S/C13H14ClFN2O4/c1-2-20-12(18)9-3-7(15)4-10(11(9)14)21-6-8-5-16-13(19)17-8/h3-4,8H,2,5-6H2,1H3,(H2,16,17,19)/t8-/m1/s1. The molecule has 0 spiro atoms. The summed E-state index contributed by atoms with van der Waals surface area (Å²) in [5.41, 5.74) is -0.0953. The zero-order chi connectivity index (χ0) is 15.4. The second-order valence-electron chi connectivity index (χ2n) is 4.35. The average Bonchev–Trinajstić information content (AvgIpc) is 2.85. The highest BCUT2D eigenvalue weighted by molar-refractivity contribution is 6.35. The second-order valence-corrected chi connectivity index (χ2v) is 4.73. The van der Waals surface area contributed by atoms with Gasteiger partial charge in [-0.05, 0) is 13.0 Å². The Hall–Kier alpha value is -2.02. The van der Waals surface area contributed by atoms with Crippen molar-refractivity contribution in [2.24, 2.45) is 0 Å². The number of urea groups is 1.